The molecule has 0 saturated carbocycles. The molecular weight excluding hydrogens is 364 g/mol. The van der Waals surface area contributed by atoms with E-state index in [1.54, 1.807) is 32.2 Å². The van der Waals surface area contributed by atoms with Gasteiger partial charge in [-0.05, 0) is 55.7 Å². The number of ether oxygens (including phenoxy) is 1. The van der Waals surface area contributed by atoms with Crippen molar-refractivity contribution in [2.75, 3.05) is 25.5 Å². The molecule has 2 aromatic carbocycles. The number of rotatable bonds is 5. The summed E-state index contributed by atoms with van der Waals surface area (Å²) in [6.07, 6.45) is 1.01. The second-order valence-corrected chi connectivity index (χ2v) is 8.57. The molecule has 0 aromatic heterocycles. The highest BCUT2D eigenvalue weighted by Gasteiger charge is 2.32. The number of anilines is 1. The van der Waals surface area contributed by atoms with Gasteiger partial charge in [0, 0.05) is 24.7 Å². The number of benzene rings is 2. The van der Waals surface area contributed by atoms with Crippen molar-refractivity contribution < 1.29 is 17.9 Å². The number of amides is 1. The standard InChI is InChI=1S/C20H24N2O4S/c1-15-14-18(26-2)8-9-19(15)27(24,25)22-12-10-16(11-13-22)20(23)21-17-6-4-3-5-7-17/h3-9,14,16H,10-13H2,1-2H3,(H,21,23). The highest BCUT2D eigenvalue weighted by Crippen LogP contribution is 2.28. The lowest BCUT2D eigenvalue weighted by molar-refractivity contribution is -0.120. The van der Waals surface area contributed by atoms with Gasteiger partial charge < -0.3 is 10.1 Å². The number of methoxy groups -OCH3 is 1. The van der Waals surface area contributed by atoms with Gasteiger partial charge in [-0.25, -0.2) is 8.42 Å². The van der Waals surface area contributed by atoms with Gasteiger partial charge in [-0.15, -0.1) is 0 Å². The van der Waals surface area contributed by atoms with E-state index in [2.05, 4.69) is 5.32 Å². The van der Waals surface area contributed by atoms with E-state index in [4.69, 9.17) is 4.74 Å². The molecule has 1 heterocycles. The molecule has 27 heavy (non-hydrogen) atoms. The van der Waals surface area contributed by atoms with Crippen LogP contribution in [0.5, 0.6) is 5.75 Å². The fourth-order valence-corrected chi connectivity index (χ4v) is 4.98. The Balaban J connectivity index is 1.65. The van der Waals surface area contributed by atoms with E-state index in [1.165, 1.54) is 4.31 Å². The first-order valence-corrected chi connectivity index (χ1v) is 10.4. The predicted octanol–water partition coefficient (Wildman–Crippen LogP) is 3.04. The van der Waals surface area contributed by atoms with Gasteiger partial charge >= 0.3 is 0 Å². The Labute approximate surface area is 160 Å². The minimum absolute atomic E-state index is 0.0566. The molecule has 6 nitrogen and oxygen atoms in total. The topological polar surface area (TPSA) is 75.7 Å². The van der Waals surface area contributed by atoms with Gasteiger partial charge in [0.05, 0.1) is 12.0 Å². The Kier molecular flexibility index (Phi) is 5.82. The van der Waals surface area contributed by atoms with Crippen LogP contribution in [-0.2, 0) is 14.8 Å². The quantitative estimate of drug-likeness (QED) is 0.854. The molecule has 1 aliphatic heterocycles. The molecule has 7 heteroatoms. The molecule has 144 valence electrons. The number of hydrogen-bond donors (Lipinski definition) is 1. The van der Waals surface area contributed by atoms with Crippen LogP contribution in [0.4, 0.5) is 5.69 Å². The lowest BCUT2D eigenvalue weighted by Gasteiger charge is -2.31. The normalized spacial score (nSPS) is 16.1. The van der Waals surface area contributed by atoms with E-state index in [0.29, 0.717) is 37.2 Å². The lowest BCUT2D eigenvalue weighted by Crippen LogP contribution is -2.41. The number of para-hydroxylation sites is 1. The summed E-state index contributed by atoms with van der Waals surface area (Å²) >= 11 is 0. The minimum Gasteiger partial charge on any atom is -0.497 e. The molecular formula is C20H24N2O4S. The second kappa shape index (κ2) is 8.10. The maximum Gasteiger partial charge on any atom is 0.243 e. The highest BCUT2D eigenvalue weighted by molar-refractivity contribution is 7.89. The molecule has 0 radical (unpaired) electrons. The van der Waals surface area contributed by atoms with Crippen molar-refractivity contribution in [3.63, 3.8) is 0 Å². The van der Waals surface area contributed by atoms with E-state index in [9.17, 15) is 13.2 Å². The number of carbonyl (C=O) groups is 1. The first-order valence-electron chi connectivity index (χ1n) is 8.92. The van der Waals surface area contributed by atoms with Crippen LogP contribution < -0.4 is 10.1 Å². The number of nitrogens with one attached hydrogen (secondary N) is 1. The van der Waals surface area contributed by atoms with Gasteiger partial charge in [0.25, 0.3) is 0 Å². The molecule has 0 bridgehead atoms. The van der Waals surface area contributed by atoms with Crippen LogP contribution >= 0.6 is 0 Å². The molecule has 1 aliphatic rings. The van der Waals surface area contributed by atoms with Crippen LogP contribution in [0, 0.1) is 12.8 Å². The molecule has 2 aromatic rings. The fraction of sp³-hybridized carbons (Fsp3) is 0.350. The van der Waals surface area contributed by atoms with Gasteiger partial charge in [-0.1, -0.05) is 18.2 Å². The number of sulfonamides is 1. The van der Waals surface area contributed by atoms with E-state index in [-0.39, 0.29) is 16.7 Å². The third-order valence-corrected chi connectivity index (χ3v) is 6.92. The van der Waals surface area contributed by atoms with Crippen LogP contribution in [0.15, 0.2) is 53.4 Å². The molecule has 0 unspecified atom stereocenters. The van der Waals surface area contributed by atoms with E-state index < -0.39 is 10.0 Å². The van der Waals surface area contributed by atoms with Crippen LogP contribution in [0.3, 0.4) is 0 Å². The van der Waals surface area contributed by atoms with Gasteiger partial charge in [-0.2, -0.15) is 4.31 Å². The SMILES string of the molecule is COc1ccc(S(=O)(=O)N2CCC(C(=O)Nc3ccccc3)CC2)c(C)c1. The Morgan fingerprint density at radius 2 is 1.78 bits per heavy atom. The lowest BCUT2D eigenvalue weighted by atomic mass is 9.97. The van der Waals surface area contributed by atoms with Crippen LogP contribution in [-0.4, -0.2) is 38.8 Å². The van der Waals surface area contributed by atoms with E-state index >= 15 is 0 Å². The minimum atomic E-state index is -3.58. The van der Waals surface area contributed by atoms with Crippen molar-refractivity contribution in [2.45, 2.75) is 24.7 Å². The maximum atomic E-state index is 13.0. The summed E-state index contributed by atoms with van der Waals surface area (Å²) in [6.45, 7) is 2.43. The zero-order chi connectivity index (χ0) is 19.4. The van der Waals surface area contributed by atoms with Gasteiger partial charge in [0.15, 0.2) is 0 Å². The molecule has 0 spiro atoms. The summed E-state index contributed by atoms with van der Waals surface area (Å²) < 4.78 is 32.5. The first-order chi connectivity index (χ1) is 12.9. The number of aryl methyl sites for hydroxylation is 1. The van der Waals surface area contributed by atoms with Crippen molar-refractivity contribution in [3.8, 4) is 5.75 Å². The molecule has 1 amide bonds. The zero-order valence-corrected chi connectivity index (χ0v) is 16.3. The van der Waals surface area contributed by atoms with Crippen LogP contribution in [0.25, 0.3) is 0 Å². The molecule has 0 aliphatic carbocycles. The summed E-state index contributed by atoms with van der Waals surface area (Å²) in [5.74, 6) is 0.384. The third kappa shape index (κ3) is 4.31. The van der Waals surface area contributed by atoms with Crippen LogP contribution in [0.1, 0.15) is 18.4 Å². The van der Waals surface area contributed by atoms with Crippen molar-refractivity contribution in [1.82, 2.24) is 4.31 Å². The molecule has 1 fully saturated rings. The molecule has 1 N–H and O–H groups in total. The highest BCUT2D eigenvalue weighted by atomic mass is 32.2. The van der Waals surface area contributed by atoms with Crippen molar-refractivity contribution in [3.05, 3.63) is 54.1 Å². The summed E-state index contributed by atoms with van der Waals surface area (Å²) in [7, 11) is -2.03. The Hall–Kier alpha value is -2.38. The average molecular weight is 388 g/mol. The Morgan fingerprint density at radius 3 is 2.37 bits per heavy atom. The van der Waals surface area contributed by atoms with Crippen molar-refractivity contribution in [2.24, 2.45) is 5.92 Å². The summed E-state index contributed by atoms with van der Waals surface area (Å²) in [5, 5.41) is 2.90. The smallest absolute Gasteiger partial charge is 0.243 e. The summed E-state index contributed by atoms with van der Waals surface area (Å²) in [4.78, 5) is 12.7. The summed E-state index contributed by atoms with van der Waals surface area (Å²) in [5.41, 5.74) is 1.41. The predicted molar refractivity (Wildman–Crippen MR) is 104 cm³/mol. The average Bonchev–Trinajstić information content (AvgIpc) is 2.68. The van der Waals surface area contributed by atoms with Crippen molar-refractivity contribution in [1.29, 1.82) is 0 Å². The van der Waals surface area contributed by atoms with Gasteiger partial charge in [0.1, 0.15) is 5.75 Å². The van der Waals surface area contributed by atoms with E-state index in [0.717, 1.165) is 5.69 Å². The van der Waals surface area contributed by atoms with Gasteiger partial charge in [-0.3, -0.25) is 4.79 Å². The number of nitrogens with zero attached hydrogens (tertiary/aromatic N) is 1. The third-order valence-electron chi connectivity index (χ3n) is 4.87. The fourth-order valence-electron chi connectivity index (χ4n) is 3.30. The Bertz CT molecular complexity index is 905. The van der Waals surface area contributed by atoms with Crippen LogP contribution in [0.2, 0.25) is 0 Å². The molecule has 0 atom stereocenters. The molecule has 1 saturated heterocycles. The molecule has 3 rings (SSSR count). The monoisotopic (exact) mass is 388 g/mol. The second-order valence-electron chi connectivity index (χ2n) is 6.67. The summed E-state index contributed by atoms with van der Waals surface area (Å²) in [6, 6.07) is 14.2. The van der Waals surface area contributed by atoms with Crippen molar-refractivity contribution >= 4 is 21.6 Å². The van der Waals surface area contributed by atoms with E-state index in [1.807, 2.05) is 30.3 Å². The number of piperidine rings is 1. The first kappa shape index (κ1) is 19.4. The largest absolute Gasteiger partial charge is 0.497 e. The Morgan fingerprint density at radius 1 is 1.11 bits per heavy atom. The maximum absolute atomic E-state index is 13.0. The number of carbonyl (C=O) groups excluding carboxylic acids is 1. The zero-order valence-electron chi connectivity index (χ0n) is 15.5. The number of hydrogen-bond acceptors (Lipinski definition) is 4. The van der Waals surface area contributed by atoms with Gasteiger partial charge in [0.2, 0.25) is 15.9 Å².